The fourth-order valence-electron chi connectivity index (χ4n) is 2.70. The third kappa shape index (κ3) is 2.29. The minimum atomic E-state index is -0.624. The van der Waals surface area contributed by atoms with Gasteiger partial charge < -0.3 is 5.11 Å². The maximum absolute atomic E-state index is 11.3. The first-order valence-corrected chi connectivity index (χ1v) is 6.73. The van der Waals surface area contributed by atoms with E-state index in [1.54, 1.807) is 11.3 Å². The van der Waals surface area contributed by atoms with Crippen molar-refractivity contribution in [1.29, 1.82) is 0 Å². The van der Waals surface area contributed by atoms with Crippen molar-refractivity contribution in [2.75, 3.05) is 0 Å². The average Bonchev–Trinajstić information content (AvgIpc) is 2.64. The van der Waals surface area contributed by atoms with Crippen molar-refractivity contribution in [3.63, 3.8) is 0 Å². The molecule has 1 heterocycles. The van der Waals surface area contributed by atoms with Crippen LogP contribution >= 0.6 is 11.3 Å². The van der Waals surface area contributed by atoms with Gasteiger partial charge in [-0.1, -0.05) is 6.92 Å². The molecule has 88 valence electrons. The van der Waals surface area contributed by atoms with Crippen LogP contribution in [0.2, 0.25) is 0 Å². The number of thiophene rings is 1. The standard InChI is InChI=1S/C13H18O2S/c1-8-3-4-11(13(14)15)12(5-8)10-6-9(2)16-7-10/h6-8,11-12H,3-5H2,1-2H3,(H,14,15). The third-order valence-corrected chi connectivity index (χ3v) is 4.49. The van der Waals surface area contributed by atoms with Crippen LogP contribution in [0.3, 0.4) is 0 Å². The summed E-state index contributed by atoms with van der Waals surface area (Å²) in [6, 6.07) is 2.16. The van der Waals surface area contributed by atoms with E-state index in [9.17, 15) is 9.90 Å². The zero-order valence-electron chi connectivity index (χ0n) is 9.77. The number of hydrogen-bond donors (Lipinski definition) is 1. The summed E-state index contributed by atoms with van der Waals surface area (Å²) < 4.78 is 0. The van der Waals surface area contributed by atoms with Crippen LogP contribution in [0.4, 0.5) is 0 Å². The Bertz CT molecular complexity index is 383. The topological polar surface area (TPSA) is 37.3 Å². The predicted octanol–water partition coefficient (Wildman–Crippen LogP) is 3.66. The van der Waals surface area contributed by atoms with E-state index < -0.39 is 5.97 Å². The Balaban J connectivity index is 2.23. The van der Waals surface area contributed by atoms with E-state index in [1.807, 2.05) is 0 Å². The molecule has 0 aromatic carbocycles. The Labute approximate surface area is 100 Å². The van der Waals surface area contributed by atoms with E-state index in [0.717, 1.165) is 19.3 Å². The van der Waals surface area contributed by atoms with Crippen LogP contribution in [0.25, 0.3) is 0 Å². The van der Waals surface area contributed by atoms with Crippen LogP contribution in [0, 0.1) is 18.8 Å². The summed E-state index contributed by atoms with van der Waals surface area (Å²) in [6.07, 6.45) is 2.90. The molecule has 3 atom stereocenters. The molecule has 2 rings (SSSR count). The van der Waals surface area contributed by atoms with Gasteiger partial charge in [0.25, 0.3) is 0 Å². The van der Waals surface area contributed by atoms with E-state index in [2.05, 4.69) is 25.3 Å². The van der Waals surface area contributed by atoms with Gasteiger partial charge in [-0.2, -0.15) is 0 Å². The first-order valence-electron chi connectivity index (χ1n) is 5.85. The summed E-state index contributed by atoms with van der Waals surface area (Å²) in [5.74, 6) is 0.0814. The highest BCUT2D eigenvalue weighted by atomic mass is 32.1. The maximum Gasteiger partial charge on any atom is 0.307 e. The van der Waals surface area contributed by atoms with Gasteiger partial charge in [0.1, 0.15) is 0 Å². The van der Waals surface area contributed by atoms with Crippen LogP contribution in [0.5, 0.6) is 0 Å². The van der Waals surface area contributed by atoms with Gasteiger partial charge in [-0.15, -0.1) is 11.3 Å². The van der Waals surface area contributed by atoms with Gasteiger partial charge in [0.05, 0.1) is 5.92 Å². The molecule has 16 heavy (non-hydrogen) atoms. The Hall–Kier alpha value is -0.830. The first-order chi connectivity index (χ1) is 7.58. The Morgan fingerprint density at radius 1 is 1.50 bits per heavy atom. The SMILES string of the molecule is Cc1cc(C2CC(C)CCC2C(=O)O)cs1. The van der Waals surface area contributed by atoms with Crippen molar-refractivity contribution < 1.29 is 9.90 Å². The Morgan fingerprint density at radius 2 is 2.25 bits per heavy atom. The molecule has 1 aliphatic carbocycles. The summed E-state index contributed by atoms with van der Waals surface area (Å²) in [5.41, 5.74) is 1.24. The molecular formula is C13H18O2S. The van der Waals surface area contributed by atoms with E-state index in [4.69, 9.17) is 0 Å². The van der Waals surface area contributed by atoms with Crippen LogP contribution in [-0.4, -0.2) is 11.1 Å². The number of rotatable bonds is 2. The fraction of sp³-hybridized carbons (Fsp3) is 0.615. The molecule has 0 radical (unpaired) electrons. The second-order valence-electron chi connectivity index (χ2n) is 4.96. The molecule has 1 fully saturated rings. The van der Waals surface area contributed by atoms with E-state index >= 15 is 0 Å². The molecule has 0 bridgehead atoms. The lowest BCUT2D eigenvalue weighted by atomic mass is 9.72. The summed E-state index contributed by atoms with van der Waals surface area (Å²) in [7, 11) is 0. The van der Waals surface area contributed by atoms with E-state index in [0.29, 0.717) is 5.92 Å². The van der Waals surface area contributed by atoms with Crippen molar-refractivity contribution in [3.05, 3.63) is 21.9 Å². The van der Waals surface area contributed by atoms with Crippen LogP contribution in [0.1, 0.15) is 42.5 Å². The van der Waals surface area contributed by atoms with Gasteiger partial charge in [0.15, 0.2) is 0 Å². The second kappa shape index (κ2) is 4.58. The molecule has 1 N–H and O–H groups in total. The number of carbonyl (C=O) groups is 1. The van der Waals surface area contributed by atoms with E-state index in [1.165, 1.54) is 10.4 Å². The normalized spacial score (nSPS) is 30.2. The minimum Gasteiger partial charge on any atom is -0.481 e. The number of hydrogen-bond acceptors (Lipinski definition) is 2. The molecule has 2 nitrogen and oxygen atoms in total. The molecule has 0 spiro atoms. The highest BCUT2D eigenvalue weighted by Gasteiger charge is 2.34. The van der Waals surface area contributed by atoms with Crippen molar-refractivity contribution in [2.45, 2.75) is 39.0 Å². The molecule has 3 heteroatoms. The second-order valence-corrected chi connectivity index (χ2v) is 6.08. The Morgan fingerprint density at radius 3 is 2.81 bits per heavy atom. The molecule has 0 saturated heterocycles. The summed E-state index contributed by atoms with van der Waals surface area (Å²) in [4.78, 5) is 12.5. The van der Waals surface area contributed by atoms with Crippen LogP contribution in [0.15, 0.2) is 11.4 Å². The van der Waals surface area contributed by atoms with Gasteiger partial charge in [-0.25, -0.2) is 0 Å². The zero-order valence-corrected chi connectivity index (χ0v) is 10.6. The van der Waals surface area contributed by atoms with E-state index in [-0.39, 0.29) is 11.8 Å². The van der Waals surface area contributed by atoms with Gasteiger partial charge in [-0.05, 0) is 55.0 Å². The third-order valence-electron chi connectivity index (χ3n) is 3.61. The number of carboxylic acid groups (broad SMARTS) is 1. The zero-order chi connectivity index (χ0) is 11.7. The average molecular weight is 238 g/mol. The highest BCUT2D eigenvalue weighted by molar-refractivity contribution is 7.10. The highest BCUT2D eigenvalue weighted by Crippen LogP contribution is 2.41. The van der Waals surface area contributed by atoms with Gasteiger partial charge >= 0.3 is 5.97 Å². The molecule has 1 aromatic heterocycles. The maximum atomic E-state index is 11.3. The number of carboxylic acids is 1. The molecule has 0 amide bonds. The Kier molecular flexibility index (Phi) is 3.33. The number of aryl methyl sites for hydroxylation is 1. The largest absolute Gasteiger partial charge is 0.481 e. The monoisotopic (exact) mass is 238 g/mol. The van der Waals surface area contributed by atoms with Gasteiger partial charge in [0, 0.05) is 4.88 Å². The summed E-state index contributed by atoms with van der Waals surface area (Å²) >= 11 is 1.72. The smallest absolute Gasteiger partial charge is 0.307 e. The minimum absolute atomic E-state index is 0.176. The first kappa shape index (κ1) is 11.6. The van der Waals surface area contributed by atoms with Crippen molar-refractivity contribution in [1.82, 2.24) is 0 Å². The lowest BCUT2D eigenvalue weighted by molar-refractivity contribution is -0.143. The number of aliphatic carboxylic acids is 1. The molecule has 1 aliphatic rings. The van der Waals surface area contributed by atoms with Crippen LogP contribution < -0.4 is 0 Å². The summed E-state index contributed by atoms with van der Waals surface area (Å²) in [6.45, 7) is 4.31. The molecule has 0 aliphatic heterocycles. The van der Waals surface area contributed by atoms with Gasteiger partial charge in [-0.3, -0.25) is 4.79 Å². The molecular weight excluding hydrogens is 220 g/mol. The molecule has 3 unspecified atom stereocenters. The quantitative estimate of drug-likeness (QED) is 0.853. The van der Waals surface area contributed by atoms with Crippen molar-refractivity contribution in [2.24, 2.45) is 11.8 Å². The van der Waals surface area contributed by atoms with Crippen LogP contribution in [-0.2, 0) is 4.79 Å². The fourth-order valence-corrected chi connectivity index (χ4v) is 3.47. The molecule has 1 aromatic rings. The molecule has 1 saturated carbocycles. The van der Waals surface area contributed by atoms with Gasteiger partial charge in [0.2, 0.25) is 0 Å². The lowest BCUT2D eigenvalue weighted by Gasteiger charge is -2.32. The summed E-state index contributed by atoms with van der Waals surface area (Å²) in [5, 5.41) is 11.4. The predicted molar refractivity (Wildman–Crippen MR) is 65.9 cm³/mol. The van der Waals surface area contributed by atoms with Crippen molar-refractivity contribution >= 4 is 17.3 Å². The van der Waals surface area contributed by atoms with Crippen molar-refractivity contribution in [3.8, 4) is 0 Å². The lowest BCUT2D eigenvalue weighted by Crippen LogP contribution is -2.28.